The van der Waals surface area contributed by atoms with Crippen LogP contribution in [0.3, 0.4) is 0 Å². The first-order valence-electron chi connectivity index (χ1n) is 7.66. The SMILES string of the molecule is COc1cc(/C=C2\N=C(c3ccccc3)OC2=O)ccc1OCCBr. The van der Waals surface area contributed by atoms with Gasteiger partial charge in [0.25, 0.3) is 0 Å². The summed E-state index contributed by atoms with van der Waals surface area (Å²) in [6, 6.07) is 14.7. The van der Waals surface area contributed by atoms with Gasteiger partial charge in [-0.05, 0) is 35.9 Å². The summed E-state index contributed by atoms with van der Waals surface area (Å²) < 4.78 is 16.2. The first-order valence-corrected chi connectivity index (χ1v) is 8.78. The second kappa shape index (κ2) is 7.98. The van der Waals surface area contributed by atoms with Crippen LogP contribution in [0.25, 0.3) is 6.08 Å². The molecule has 0 bridgehead atoms. The minimum absolute atomic E-state index is 0.245. The number of methoxy groups -OCH3 is 1. The molecule has 25 heavy (non-hydrogen) atoms. The molecule has 5 nitrogen and oxygen atoms in total. The van der Waals surface area contributed by atoms with Crippen LogP contribution >= 0.6 is 15.9 Å². The van der Waals surface area contributed by atoms with Crippen molar-refractivity contribution in [2.45, 2.75) is 0 Å². The highest BCUT2D eigenvalue weighted by atomic mass is 79.9. The fourth-order valence-corrected chi connectivity index (χ4v) is 2.47. The van der Waals surface area contributed by atoms with Gasteiger partial charge in [-0.25, -0.2) is 9.79 Å². The summed E-state index contributed by atoms with van der Waals surface area (Å²) >= 11 is 3.32. The monoisotopic (exact) mass is 401 g/mol. The highest BCUT2D eigenvalue weighted by Gasteiger charge is 2.24. The number of nitrogens with zero attached hydrogens (tertiary/aromatic N) is 1. The number of carbonyl (C=O) groups excluding carboxylic acids is 1. The van der Waals surface area contributed by atoms with Crippen LogP contribution in [-0.2, 0) is 9.53 Å². The van der Waals surface area contributed by atoms with Crippen molar-refractivity contribution in [1.29, 1.82) is 0 Å². The minimum atomic E-state index is -0.475. The van der Waals surface area contributed by atoms with Crippen LogP contribution in [0.1, 0.15) is 11.1 Å². The number of ether oxygens (including phenoxy) is 3. The van der Waals surface area contributed by atoms with E-state index < -0.39 is 5.97 Å². The molecule has 128 valence electrons. The maximum Gasteiger partial charge on any atom is 0.363 e. The summed E-state index contributed by atoms with van der Waals surface area (Å²) in [6.45, 7) is 0.536. The Balaban J connectivity index is 1.87. The van der Waals surface area contributed by atoms with Gasteiger partial charge in [0.2, 0.25) is 5.90 Å². The predicted octanol–water partition coefficient (Wildman–Crippen LogP) is 3.81. The Morgan fingerprint density at radius 2 is 1.96 bits per heavy atom. The highest BCUT2D eigenvalue weighted by molar-refractivity contribution is 9.09. The van der Waals surface area contributed by atoms with Gasteiger partial charge in [0.15, 0.2) is 17.2 Å². The number of benzene rings is 2. The van der Waals surface area contributed by atoms with Gasteiger partial charge in [0, 0.05) is 10.9 Å². The van der Waals surface area contributed by atoms with E-state index in [2.05, 4.69) is 20.9 Å². The quantitative estimate of drug-likeness (QED) is 0.419. The van der Waals surface area contributed by atoms with Gasteiger partial charge in [-0.2, -0.15) is 0 Å². The molecule has 0 saturated heterocycles. The lowest BCUT2D eigenvalue weighted by Gasteiger charge is -2.10. The lowest BCUT2D eigenvalue weighted by atomic mass is 10.1. The summed E-state index contributed by atoms with van der Waals surface area (Å²) in [5.41, 5.74) is 1.78. The van der Waals surface area contributed by atoms with E-state index in [0.717, 1.165) is 16.5 Å². The van der Waals surface area contributed by atoms with Crippen LogP contribution in [0.2, 0.25) is 0 Å². The van der Waals surface area contributed by atoms with Gasteiger partial charge in [-0.15, -0.1) is 0 Å². The van der Waals surface area contributed by atoms with E-state index >= 15 is 0 Å². The lowest BCUT2D eigenvalue weighted by molar-refractivity contribution is -0.129. The summed E-state index contributed by atoms with van der Waals surface area (Å²) in [6.07, 6.45) is 1.66. The van der Waals surface area contributed by atoms with Crippen molar-refractivity contribution < 1.29 is 19.0 Å². The second-order valence-electron chi connectivity index (χ2n) is 5.15. The third kappa shape index (κ3) is 4.09. The molecule has 2 aromatic rings. The molecule has 0 radical (unpaired) electrons. The Kier molecular flexibility index (Phi) is 5.50. The van der Waals surface area contributed by atoms with E-state index in [9.17, 15) is 4.79 Å². The molecule has 0 amide bonds. The smallest absolute Gasteiger partial charge is 0.363 e. The third-order valence-corrected chi connectivity index (χ3v) is 3.79. The number of esters is 1. The Morgan fingerprint density at radius 1 is 1.16 bits per heavy atom. The van der Waals surface area contributed by atoms with Crippen LogP contribution in [-0.4, -0.2) is 30.9 Å². The molecule has 2 aromatic carbocycles. The number of halogens is 1. The Hall–Kier alpha value is -2.60. The van der Waals surface area contributed by atoms with E-state index in [1.165, 1.54) is 0 Å². The molecular weight excluding hydrogens is 386 g/mol. The number of alkyl halides is 1. The van der Waals surface area contributed by atoms with E-state index in [4.69, 9.17) is 14.2 Å². The van der Waals surface area contributed by atoms with Crippen molar-refractivity contribution in [3.05, 3.63) is 65.4 Å². The van der Waals surface area contributed by atoms with Gasteiger partial charge in [0.05, 0.1) is 13.7 Å². The van der Waals surface area contributed by atoms with Crippen LogP contribution in [0, 0.1) is 0 Å². The molecule has 0 atom stereocenters. The molecule has 0 aromatic heterocycles. The largest absolute Gasteiger partial charge is 0.493 e. The van der Waals surface area contributed by atoms with Crippen LogP contribution < -0.4 is 9.47 Å². The maximum atomic E-state index is 12.1. The summed E-state index contributed by atoms with van der Waals surface area (Å²) in [7, 11) is 1.57. The van der Waals surface area contributed by atoms with Gasteiger partial charge in [0.1, 0.15) is 0 Å². The van der Waals surface area contributed by atoms with E-state index in [1.54, 1.807) is 25.3 Å². The van der Waals surface area contributed by atoms with Crippen molar-refractivity contribution in [2.24, 2.45) is 4.99 Å². The topological polar surface area (TPSA) is 57.1 Å². The number of rotatable bonds is 6. The highest BCUT2D eigenvalue weighted by Crippen LogP contribution is 2.29. The zero-order chi connectivity index (χ0) is 17.6. The molecular formula is C19H16BrNO4. The van der Waals surface area contributed by atoms with Gasteiger partial charge < -0.3 is 14.2 Å². The van der Waals surface area contributed by atoms with Crippen molar-refractivity contribution in [2.75, 3.05) is 19.0 Å². The van der Waals surface area contributed by atoms with Crippen molar-refractivity contribution in [1.82, 2.24) is 0 Å². The fourth-order valence-electron chi connectivity index (χ4n) is 2.31. The van der Waals surface area contributed by atoms with Crippen LogP contribution in [0.15, 0.2) is 59.2 Å². The van der Waals surface area contributed by atoms with Crippen molar-refractivity contribution in [3.8, 4) is 11.5 Å². The lowest BCUT2D eigenvalue weighted by Crippen LogP contribution is -2.05. The number of aliphatic imine (C=N–C) groups is 1. The minimum Gasteiger partial charge on any atom is -0.493 e. The fraction of sp³-hybridized carbons (Fsp3) is 0.158. The van der Waals surface area contributed by atoms with Crippen molar-refractivity contribution >= 4 is 33.9 Å². The van der Waals surface area contributed by atoms with Gasteiger partial charge in [-0.1, -0.05) is 40.2 Å². The average Bonchev–Trinajstić information content (AvgIpc) is 3.02. The zero-order valence-electron chi connectivity index (χ0n) is 13.6. The zero-order valence-corrected chi connectivity index (χ0v) is 15.2. The molecule has 0 fully saturated rings. The Bertz CT molecular complexity index is 831. The summed E-state index contributed by atoms with van der Waals surface area (Å²) in [4.78, 5) is 16.3. The van der Waals surface area contributed by atoms with Gasteiger partial charge >= 0.3 is 5.97 Å². The van der Waals surface area contributed by atoms with Crippen LogP contribution in [0.5, 0.6) is 11.5 Å². The second-order valence-corrected chi connectivity index (χ2v) is 5.94. The van der Waals surface area contributed by atoms with Gasteiger partial charge in [-0.3, -0.25) is 0 Å². The molecule has 0 spiro atoms. The Morgan fingerprint density at radius 3 is 2.68 bits per heavy atom. The number of carbonyl (C=O) groups is 1. The summed E-state index contributed by atoms with van der Waals surface area (Å²) in [5, 5.41) is 0.727. The number of hydrogen-bond donors (Lipinski definition) is 0. The van der Waals surface area contributed by atoms with E-state index in [-0.39, 0.29) is 5.70 Å². The first-order chi connectivity index (χ1) is 12.2. The molecule has 1 aliphatic heterocycles. The predicted molar refractivity (Wildman–Crippen MR) is 99.3 cm³/mol. The molecule has 0 aliphatic carbocycles. The standard InChI is InChI=1S/C19H16BrNO4/c1-23-17-12-13(7-8-16(17)24-10-9-20)11-15-19(22)25-18(21-15)14-5-3-2-4-6-14/h2-8,11-12H,9-10H2,1H3/b15-11-. The molecule has 6 heteroatoms. The van der Waals surface area contributed by atoms with E-state index in [0.29, 0.717) is 24.0 Å². The molecule has 3 rings (SSSR count). The Labute approximate surface area is 154 Å². The molecule has 0 unspecified atom stereocenters. The molecule has 1 aliphatic rings. The number of hydrogen-bond acceptors (Lipinski definition) is 5. The van der Waals surface area contributed by atoms with E-state index in [1.807, 2.05) is 36.4 Å². The van der Waals surface area contributed by atoms with Crippen LogP contribution in [0.4, 0.5) is 0 Å². The summed E-state index contributed by atoms with van der Waals surface area (Å²) in [5.74, 6) is 1.07. The molecule has 1 heterocycles. The maximum absolute atomic E-state index is 12.1. The molecule has 0 saturated carbocycles. The average molecular weight is 402 g/mol. The number of cyclic esters (lactones) is 1. The molecule has 0 N–H and O–H groups in total. The normalized spacial score (nSPS) is 15.0. The third-order valence-electron chi connectivity index (χ3n) is 3.47. The first kappa shape index (κ1) is 17.2. The van der Waals surface area contributed by atoms with Crippen molar-refractivity contribution in [3.63, 3.8) is 0 Å².